The molecule has 1 amide bonds. The summed E-state index contributed by atoms with van der Waals surface area (Å²) in [5.74, 6) is 1.37. The number of hydrogen-bond acceptors (Lipinski definition) is 4. The average molecular weight is 389 g/mol. The monoisotopic (exact) mass is 389 g/mol. The van der Waals surface area contributed by atoms with Gasteiger partial charge in [0.15, 0.2) is 11.5 Å². The van der Waals surface area contributed by atoms with Crippen LogP contribution in [0.1, 0.15) is 31.9 Å². The average Bonchev–Trinajstić information content (AvgIpc) is 2.90. The van der Waals surface area contributed by atoms with E-state index in [1.165, 1.54) is 17.8 Å². The largest absolute Gasteiger partial charge is 0.490 e. The van der Waals surface area contributed by atoms with Crippen LogP contribution < -0.4 is 14.8 Å². The fraction of sp³-hybridized carbons (Fsp3) is 0.381. The molecule has 0 aliphatic carbocycles. The summed E-state index contributed by atoms with van der Waals surface area (Å²) in [5.41, 5.74) is 0.971. The van der Waals surface area contributed by atoms with Crippen molar-refractivity contribution in [3.8, 4) is 11.5 Å². The van der Waals surface area contributed by atoms with Gasteiger partial charge in [0.1, 0.15) is 5.82 Å². The van der Waals surface area contributed by atoms with Gasteiger partial charge in [-0.15, -0.1) is 11.8 Å². The van der Waals surface area contributed by atoms with E-state index in [-0.39, 0.29) is 29.4 Å². The van der Waals surface area contributed by atoms with Crippen LogP contribution >= 0.6 is 11.8 Å². The summed E-state index contributed by atoms with van der Waals surface area (Å²) in [7, 11) is 0. The lowest BCUT2D eigenvalue weighted by Gasteiger charge is -2.24. The molecule has 0 saturated heterocycles. The molecule has 0 radical (unpaired) electrons. The van der Waals surface area contributed by atoms with Gasteiger partial charge in [0, 0.05) is 11.3 Å². The molecule has 0 saturated carbocycles. The number of amides is 1. The molecule has 1 atom stereocenters. The summed E-state index contributed by atoms with van der Waals surface area (Å²) >= 11 is 1.20. The number of fused-ring (bicyclic) bond motifs is 1. The van der Waals surface area contributed by atoms with Crippen molar-refractivity contribution < 1.29 is 18.7 Å². The van der Waals surface area contributed by atoms with Gasteiger partial charge in [-0.1, -0.05) is 32.0 Å². The number of rotatable bonds is 6. The molecule has 6 heteroatoms. The minimum absolute atomic E-state index is 0.130. The summed E-state index contributed by atoms with van der Waals surface area (Å²) in [6.07, 6.45) is 0.849. The molecule has 1 N–H and O–H groups in total. The van der Waals surface area contributed by atoms with Crippen LogP contribution in [0.25, 0.3) is 0 Å². The van der Waals surface area contributed by atoms with Crippen molar-refractivity contribution >= 4 is 17.7 Å². The van der Waals surface area contributed by atoms with E-state index in [4.69, 9.17) is 9.47 Å². The Morgan fingerprint density at radius 2 is 1.89 bits per heavy atom. The van der Waals surface area contributed by atoms with Gasteiger partial charge in [-0.2, -0.15) is 0 Å². The smallest absolute Gasteiger partial charge is 0.230 e. The summed E-state index contributed by atoms with van der Waals surface area (Å²) in [6.45, 7) is 5.37. The predicted molar refractivity (Wildman–Crippen MR) is 105 cm³/mol. The van der Waals surface area contributed by atoms with E-state index in [0.29, 0.717) is 23.9 Å². The van der Waals surface area contributed by atoms with E-state index in [2.05, 4.69) is 19.2 Å². The zero-order valence-corrected chi connectivity index (χ0v) is 16.4. The van der Waals surface area contributed by atoms with Crippen LogP contribution in [-0.2, 0) is 4.79 Å². The van der Waals surface area contributed by atoms with Gasteiger partial charge < -0.3 is 14.8 Å². The van der Waals surface area contributed by atoms with Gasteiger partial charge in [-0.25, -0.2) is 4.39 Å². The second-order valence-electron chi connectivity index (χ2n) is 6.76. The molecule has 0 fully saturated rings. The lowest BCUT2D eigenvalue weighted by Crippen LogP contribution is -2.33. The number of nitrogens with one attached hydrogen (secondary N) is 1. The van der Waals surface area contributed by atoms with E-state index in [9.17, 15) is 9.18 Å². The zero-order chi connectivity index (χ0) is 19.2. The van der Waals surface area contributed by atoms with Gasteiger partial charge >= 0.3 is 0 Å². The van der Waals surface area contributed by atoms with Crippen molar-refractivity contribution in [2.45, 2.75) is 31.2 Å². The summed E-state index contributed by atoms with van der Waals surface area (Å²) in [4.78, 5) is 12.9. The molecule has 144 valence electrons. The van der Waals surface area contributed by atoms with Crippen molar-refractivity contribution in [3.63, 3.8) is 0 Å². The number of ether oxygens (including phenoxy) is 2. The van der Waals surface area contributed by atoms with Gasteiger partial charge in [-0.05, 0) is 35.7 Å². The molecule has 27 heavy (non-hydrogen) atoms. The SMILES string of the molecule is CC(C)[C@H](NC(=O)CSc1ccccc1F)c1ccc2c(c1)OCCCO2. The van der Waals surface area contributed by atoms with Gasteiger partial charge in [-0.3, -0.25) is 4.79 Å². The van der Waals surface area contributed by atoms with Crippen LogP contribution in [0.4, 0.5) is 4.39 Å². The van der Waals surface area contributed by atoms with Crippen molar-refractivity contribution in [2.75, 3.05) is 19.0 Å². The summed E-state index contributed by atoms with van der Waals surface area (Å²) in [6, 6.07) is 12.1. The molecule has 1 aliphatic heterocycles. The molecular formula is C21H24FNO3S. The van der Waals surface area contributed by atoms with Gasteiger partial charge in [0.25, 0.3) is 0 Å². The highest BCUT2D eigenvalue weighted by Gasteiger charge is 2.21. The molecule has 2 aromatic rings. The maximum Gasteiger partial charge on any atom is 0.230 e. The Labute approximate surface area is 163 Å². The molecule has 1 heterocycles. The standard InChI is InChI=1S/C21H24FNO3S/c1-14(2)21(15-8-9-17-18(12-15)26-11-5-10-25-17)23-20(24)13-27-19-7-4-3-6-16(19)22/h3-4,6-9,12,14,21H,5,10-11,13H2,1-2H3,(H,23,24)/t21-/m0/s1. The maximum absolute atomic E-state index is 13.7. The van der Waals surface area contributed by atoms with E-state index in [0.717, 1.165) is 17.7 Å². The van der Waals surface area contributed by atoms with E-state index in [1.807, 2.05) is 18.2 Å². The summed E-state index contributed by atoms with van der Waals surface area (Å²) < 4.78 is 25.1. The highest BCUT2D eigenvalue weighted by atomic mass is 32.2. The van der Waals surface area contributed by atoms with Gasteiger partial charge in [0.2, 0.25) is 5.91 Å². The third-order valence-corrected chi connectivity index (χ3v) is 5.36. The third-order valence-electron chi connectivity index (χ3n) is 4.31. The van der Waals surface area contributed by atoms with Crippen molar-refractivity contribution in [3.05, 3.63) is 53.8 Å². The Bertz CT molecular complexity index is 797. The number of thioether (sulfide) groups is 1. The summed E-state index contributed by atoms with van der Waals surface area (Å²) in [5, 5.41) is 3.07. The highest BCUT2D eigenvalue weighted by Crippen LogP contribution is 2.34. The number of benzene rings is 2. The van der Waals surface area contributed by atoms with Crippen molar-refractivity contribution in [2.24, 2.45) is 5.92 Å². The Morgan fingerprint density at radius 1 is 1.15 bits per heavy atom. The van der Waals surface area contributed by atoms with Crippen LogP contribution in [0.2, 0.25) is 0 Å². The lowest BCUT2D eigenvalue weighted by molar-refractivity contribution is -0.119. The molecule has 1 aliphatic rings. The first-order valence-electron chi connectivity index (χ1n) is 9.11. The van der Waals surface area contributed by atoms with E-state index < -0.39 is 0 Å². The van der Waals surface area contributed by atoms with E-state index in [1.54, 1.807) is 18.2 Å². The first-order chi connectivity index (χ1) is 13.0. The molecule has 2 aromatic carbocycles. The quantitative estimate of drug-likeness (QED) is 0.734. The molecule has 0 unspecified atom stereocenters. The fourth-order valence-corrected chi connectivity index (χ4v) is 3.68. The van der Waals surface area contributed by atoms with Crippen LogP contribution in [0.15, 0.2) is 47.4 Å². The van der Waals surface area contributed by atoms with Crippen LogP contribution in [0.5, 0.6) is 11.5 Å². The Balaban J connectivity index is 1.68. The van der Waals surface area contributed by atoms with Gasteiger partial charge in [0.05, 0.1) is 25.0 Å². The maximum atomic E-state index is 13.7. The predicted octanol–water partition coefficient (Wildman–Crippen LogP) is 4.59. The molecule has 0 aromatic heterocycles. The fourth-order valence-electron chi connectivity index (χ4n) is 2.93. The van der Waals surface area contributed by atoms with Crippen molar-refractivity contribution in [1.29, 1.82) is 0 Å². The van der Waals surface area contributed by atoms with Crippen molar-refractivity contribution in [1.82, 2.24) is 5.32 Å². The molecule has 3 rings (SSSR count). The first-order valence-corrected chi connectivity index (χ1v) is 10.1. The number of hydrogen-bond donors (Lipinski definition) is 1. The zero-order valence-electron chi connectivity index (χ0n) is 15.5. The third kappa shape index (κ3) is 5.16. The number of carbonyl (C=O) groups excluding carboxylic acids is 1. The molecule has 0 bridgehead atoms. The minimum atomic E-state index is -0.307. The first kappa shape index (κ1) is 19.5. The van der Waals surface area contributed by atoms with Crippen LogP contribution in [0, 0.1) is 11.7 Å². The number of halogens is 1. The molecule has 0 spiro atoms. The Kier molecular flexibility index (Phi) is 6.61. The lowest BCUT2D eigenvalue weighted by atomic mass is 9.95. The highest BCUT2D eigenvalue weighted by molar-refractivity contribution is 8.00. The topological polar surface area (TPSA) is 47.6 Å². The van der Waals surface area contributed by atoms with Crippen LogP contribution in [0.3, 0.4) is 0 Å². The molecule has 4 nitrogen and oxygen atoms in total. The van der Waals surface area contributed by atoms with E-state index >= 15 is 0 Å². The number of carbonyl (C=O) groups is 1. The second kappa shape index (κ2) is 9.13. The van der Waals surface area contributed by atoms with Crippen LogP contribution in [-0.4, -0.2) is 24.9 Å². The Morgan fingerprint density at radius 3 is 2.63 bits per heavy atom. The molecular weight excluding hydrogens is 365 g/mol. The Hall–Kier alpha value is -2.21. The second-order valence-corrected chi connectivity index (χ2v) is 7.78. The minimum Gasteiger partial charge on any atom is -0.490 e. The normalized spacial score (nSPS) is 14.5.